The number of esters is 3. The zero-order valence-electron chi connectivity index (χ0n) is 47.5. The second-order valence-electron chi connectivity index (χ2n) is 21.0. The van der Waals surface area contributed by atoms with Crippen molar-refractivity contribution in [2.45, 2.75) is 335 Å². The molecule has 0 aromatic carbocycles. The molecule has 71 heavy (non-hydrogen) atoms. The van der Waals surface area contributed by atoms with E-state index in [4.69, 9.17) is 14.2 Å². The molecule has 0 fully saturated rings. The number of unbranched alkanes of at least 4 members (excludes halogenated alkanes) is 38. The van der Waals surface area contributed by atoms with Gasteiger partial charge in [0.2, 0.25) is 0 Å². The Balaban J connectivity index is 4.23. The minimum absolute atomic E-state index is 0.0759. The number of carbonyl (C=O) groups excluding carboxylic acids is 3. The Morgan fingerprint density at radius 2 is 0.507 bits per heavy atom. The normalized spacial score (nSPS) is 12.3. The Morgan fingerprint density at radius 1 is 0.282 bits per heavy atom. The first-order chi connectivity index (χ1) is 35.0. The van der Waals surface area contributed by atoms with Gasteiger partial charge in [-0.05, 0) is 83.5 Å². The molecule has 0 aromatic heterocycles. The molecule has 0 saturated carbocycles. The van der Waals surface area contributed by atoms with Gasteiger partial charge in [-0.2, -0.15) is 0 Å². The molecule has 1 unspecified atom stereocenters. The van der Waals surface area contributed by atoms with Crippen LogP contribution in [0.15, 0.2) is 48.6 Å². The summed E-state index contributed by atoms with van der Waals surface area (Å²) in [5, 5.41) is 0. The lowest BCUT2D eigenvalue weighted by molar-refractivity contribution is -0.167. The van der Waals surface area contributed by atoms with Crippen LogP contribution < -0.4 is 0 Å². The summed E-state index contributed by atoms with van der Waals surface area (Å²) in [5.74, 6) is -0.876. The van der Waals surface area contributed by atoms with Crippen LogP contribution in [-0.2, 0) is 28.6 Å². The van der Waals surface area contributed by atoms with E-state index < -0.39 is 6.10 Å². The minimum atomic E-state index is -0.778. The van der Waals surface area contributed by atoms with Crippen LogP contribution in [0, 0.1) is 0 Å². The molecule has 0 aliphatic heterocycles. The minimum Gasteiger partial charge on any atom is -0.462 e. The van der Waals surface area contributed by atoms with E-state index in [1.54, 1.807) is 0 Å². The van der Waals surface area contributed by atoms with E-state index in [0.29, 0.717) is 19.3 Å². The lowest BCUT2D eigenvalue weighted by Gasteiger charge is -2.18. The fourth-order valence-corrected chi connectivity index (χ4v) is 9.09. The third-order valence-corrected chi connectivity index (χ3v) is 13.8. The van der Waals surface area contributed by atoms with Crippen LogP contribution in [-0.4, -0.2) is 37.2 Å². The highest BCUT2D eigenvalue weighted by Crippen LogP contribution is 2.16. The Morgan fingerprint density at radius 3 is 0.803 bits per heavy atom. The van der Waals surface area contributed by atoms with Gasteiger partial charge in [0.05, 0.1) is 0 Å². The van der Waals surface area contributed by atoms with Crippen molar-refractivity contribution in [3.8, 4) is 0 Å². The summed E-state index contributed by atoms with van der Waals surface area (Å²) in [4.78, 5) is 38.1. The Labute approximate surface area is 441 Å². The molecule has 0 bridgehead atoms. The highest BCUT2D eigenvalue weighted by molar-refractivity contribution is 5.71. The van der Waals surface area contributed by atoms with Crippen molar-refractivity contribution in [2.24, 2.45) is 0 Å². The third kappa shape index (κ3) is 58.1. The molecule has 414 valence electrons. The van der Waals surface area contributed by atoms with Crippen LogP contribution in [0.4, 0.5) is 0 Å². The quantitative estimate of drug-likeness (QED) is 0.0261. The molecule has 0 rings (SSSR count). The van der Waals surface area contributed by atoms with Crippen LogP contribution in [0.2, 0.25) is 0 Å². The van der Waals surface area contributed by atoms with Gasteiger partial charge in [0.1, 0.15) is 13.2 Å². The van der Waals surface area contributed by atoms with Crippen molar-refractivity contribution in [1.82, 2.24) is 0 Å². The molecule has 0 aromatic rings. The van der Waals surface area contributed by atoms with Crippen molar-refractivity contribution in [3.05, 3.63) is 48.6 Å². The van der Waals surface area contributed by atoms with Gasteiger partial charge >= 0.3 is 17.9 Å². The molecule has 0 radical (unpaired) electrons. The molecular weight excluding hydrogens is 877 g/mol. The van der Waals surface area contributed by atoms with E-state index in [9.17, 15) is 14.4 Å². The van der Waals surface area contributed by atoms with E-state index in [2.05, 4.69) is 69.4 Å². The maximum atomic E-state index is 12.9. The second kappa shape index (κ2) is 59.9. The third-order valence-electron chi connectivity index (χ3n) is 13.8. The number of rotatable bonds is 57. The second-order valence-corrected chi connectivity index (χ2v) is 21.0. The molecule has 0 amide bonds. The van der Waals surface area contributed by atoms with E-state index in [-0.39, 0.29) is 31.1 Å². The van der Waals surface area contributed by atoms with Crippen LogP contribution >= 0.6 is 0 Å². The Kier molecular flexibility index (Phi) is 57.7. The zero-order chi connectivity index (χ0) is 51.4. The van der Waals surface area contributed by atoms with Gasteiger partial charge in [-0.3, -0.25) is 14.4 Å². The largest absolute Gasteiger partial charge is 0.462 e. The summed E-state index contributed by atoms with van der Waals surface area (Å²) in [7, 11) is 0. The van der Waals surface area contributed by atoms with E-state index in [0.717, 1.165) is 77.0 Å². The van der Waals surface area contributed by atoms with Crippen LogP contribution in [0.25, 0.3) is 0 Å². The molecule has 0 saturated heterocycles. The lowest BCUT2D eigenvalue weighted by Crippen LogP contribution is -2.30. The Bertz CT molecular complexity index is 1230. The van der Waals surface area contributed by atoms with Crippen molar-refractivity contribution in [1.29, 1.82) is 0 Å². The van der Waals surface area contributed by atoms with E-state index in [1.165, 1.54) is 212 Å². The van der Waals surface area contributed by atoms with Gasteiger partial charge in [0.25, 0.3) is 0 Å². The van der Waals surface area contributed by atoms with Crippen molar-refractivity contribution in [2.75, 3.05) is 13.2 Å². The van der Waals surface area contributed by atoms with Gasteiger partial charge in [0.15, 0.2) is 6.10 Å². The summed E-state index contributed by atoms with van der Waals surface area (Å²) in [6.45, 7) is 6.64. The first kappa shape index (κ1) is 68.4. The number of hydrogen-bond acceptors (Lipinski definition) is 6. The smallest absolute Gasteiger partial charge is 0.306 e. The first-order valence-electron chi connectivity index (χ1n) is 31.1. The standard InChI is InChI=1S/C65H118O6/c1-4-7-10-13-16-19-21-23-25-27-29-31-32-34-35-37-39-41-43-46-49-52-55-58-64(67)70-61-62(60-69-63(66)57-54-51-48-45-18-15-12-9-6-3)71-65(68)59-56-53-50-47-44-42-40-38-36-33-30-28-26-24-22-20-17-14-11-8-5-2/h22,24,27-30,36,38,62H,4-21,23,25-26,31-35,37,39-61H2,1-3H3/b24-22-,29-27-,30-28-,38-36-. The van der Waals surface area contributed by atoms with Crippen molar-refractivity contribution >= 4 is 17.9 Å². The fourth-order valence-electron chi connectivity index (χ4n) is 9.09. The lowest BCUT2D eigenvalue weighted by atomic mass is 10.0. The molecule has 6 heteroatoms. The average molecular weight is 996 g/mol. The zero-order valence-corrected chi connectivity index (χ0v) is 47.5. The van der Waals surface area contributed by atoms with Crippen molar-refractivity contribution in [3.63, 3.8) is 0 Å². The van der Waals surface area contributed by atoms with Gasteiger partial charge < -0.3 is 14.2 Å². The molecular formula is C65H118O6. The predicted octanol–water partition coefficient (Wildman–Crippen LogP) is 21.0. The number of carbonyl (C=O) groups is 3. The summed E-state index contributed by atoms with van der Waals surface area (Å²) >= 11 is 0. The molecule has 0 aliphatic rings. The van der Waals surface area contributed by atoms with Gasteiger partial charge in [-0.25, -0.2) is 0 Å². The van der Waals surface area contributed by atoms with Crippen LogP contribution in [0.3, 0.4) is 0 Å². The van der Waals surface area contributed by atoms with Crippen molar-refractivity contribution < 1.29 is 28.6 Å². The van der Waals surface area contributed by atoms with E-state index >= 15 is 0 Å². The van der Waals surface area contributed by atoms with Gasteiger partial charge in [-0.15, -0.1) is 0 Å². The van der Waals surface area contributed by atoms with Gasteiger partial charge in [-0.1, -0.05) is 275 Å². The summed E-state index contributed by atoms with van der Waals surface area (Å²) < 4.78 is 16.9. The first-order valence-corrected chi connectivity index (χ1v) is 31.1. The van der Waals surface area contributed by atoms with Crippen LogP contribution in [0.1, 0.15) is 329 Å². The summed E-state index contributed by atoms with van der Waals surface area (Å²) in [6, 6.07) is 0. The highest BCUT2D eigenvalue weighted by Gasteiger charge is 2.19. The number of ether oxygens (including phenoxy) is 3. The predicted molar refractivity (Wildman–Crippen MR) is 307 cm³/mol. The molecule has 0 N–H and O–H groups in total. The van der Waals surface area contributed by atoms with Gasteiger partial charge in [0, 0.05) is 19.3 Å². The number of allylic oxidation sites excluding steroid dienone is 8. The monoisotopic (exact) mass is 995 g/mol. The fraction of sp³-hybridized carbons (Fsp3) is 0.831. The van der Waals surface area contributed by atoms with E-state index in [1.807, 2.05) is 0 Å². The Hall–Kier alpha value is -2.63. The number of hydrogen-bond donors (Lipinski definition) is 0. The topological polar surface area (TPSA) is 78.9 Å². The SMILES string of the molecule is CCCCCCC/C=C\C/C=C\C/C=C\CCCCCCCCC(=O)OC(COC(=O)CCCCCCCCCCC)COC(=O)CCCCCCCCCCCCC/C=C\CCCCCCCCCC. The average Bonchev–Trinajstić information content (AvgIpc) is 3.37. The molecule has 0 aliphatic carbocycles. The summed E-state index contributed by atoms with van der Waals surface area (Å²) in [5.41, 5.74) is 0. The van der Waals surface area contributed by atoms with Crippen LogP contribution in [0.5, 0.6) is 0 Å². The molecule has 0 heterocycles. The molecule has 0 spiro atoms. The highest BCUT2D eigenvalue weighted by atomic mass is 16.6. The summed E-state index contributed by atoms with van der Waals surface area (Å²) in [6.07, 6.45) is 74.1. The maximum Gasteiger partial charge on any atom is 0.306 e. The molecule has 1 atom stereocenters. The molecule has 6 nitrogen and oxygen atoms in total. The maximum absolute atomic E-state index is 12.9.